The predicted octanol–water partition coefficient (Wildman–Crippen LogP) is 2.34. The second-order valence-electron chi connectivity index (χ2n) is 7.15. The van der Waals surface area contributed by atoms with Gasteiger partial charge in [-0.15, -0.1) is 12.4 Å². The summed E-state index contributed by atoms with van der Waals surface area (Å²) in [6, 6.07) is 0.396. The Bertz CT molecular complexity index is 330. The zero-order valence-corrected chi connectivity index (χ0v) is 13.7. The Hall–Kier alpha value is -0.320. The maximum atomic E-state index is 12.6. The summed E-state index contributed by atoms with van der Waals surface area (Å²) in [4.78, 5) is 14.6. The van der Waals surface area contributed by atoms with Crippen LogP contribution in [-0.2, 0) is 9.53 Å². The molecular weight excluding hydrogens is 276 g/mol. The van der Waals surface area contributed by atoms with Crippen molar-refractivity contribution >= 4 is 18.3 Å². The first-order valence-electron chi connectivity index (χ1n) is 7.57. The van der Waals surface area contributed by atoms with Gasteiger partial charge in [0.1, 0.15) is 6.10 Å². The van der Waals surface area contributed by atoms with E-state index in [4.69, 9.17) is 10.5 Å². The van der Waals surface area contributed by atoms with Crippen molar-refractivity contribution in [2.24, 2.45) is 11.1 Å². The number of likely N-dealkylation sites (tertiary alicyclic amines) is 1. The molecule has 4 nitrogen and oxygen atoms in total. The highest BCUT2D eigenvalue weighted by molar-refractivity contribution is 5.85. The van der Waals surface area contributed by atoms with Crippen LogP contribution in [0.5, 0.6) is 0 Å². The molecule has 2 rings (SSSR count). The lowest BCUT2D eigenvalue weighted by Gasteiger charge is -2.31. The van der Waals surface area contributed by atoms with Gasteiger partial charge < -0.3 is 15.4 Å². The maximum absolute atomic E-state index is 12.6. The summed E-state index contributed by atoms with van der Waals surface area (Å²) in [5.74, 6) is 0.197. The second-order valence-corrected chi connectivity index (χ2v) is 7.15. The van der Waals surface area contributed by atoms with Crippen molar-refractivity contribution < 1.29 is 9.53 Å². The Balaban J connectivity index is 0.00000200. The fourth-order valence-electron chi connectivity index (χ4n) is 3.29. The molecule has 1 amide bonds. The molecule has 2 fully saturated rings. The molecular formula is C15H29ClN2O2. The fraction of sp³-hybridized carbons (Fsp3) is 0.933. The predicted molar refractivity (Wildman–Crippen MR) is 83.0 cm³/mol. The molecule has 1 unspecified atom stereocenters. The van der Waals surface area contributed by atoms with E-state index in [0.717, 1.165) is 38.6 Å². The highest BCUT2D eigenvalue weighted by Crippen LogP contribution is 2.31. The molecule has 5 heteroatoms. The molecule has 3 atom stereocenters. The van der Waals surface area contributed by atoms with Crippen LogP contribution in [0.3, 0.4) is 0 Å². The lowest BCUT2D eigenvalue weighted by atomic mass is 9.87. The van der Waals surface area contributed by atoms with Gasteiger partial charge in [0.2, 0.25) is 0 Å². The normalized spacial score (nSPS) is 30.4. The molecule has 2 aliphatic heterocycles. The van der Waals surface area contributed by atoms with E-state index in [2.05, 4.69) is 25.7 Å². The Morgan fingerprint density at radius 2 is 2.00 bits per heavy atom. The number of hydrogen-bond donors (Lipinski definition) is 1. The molecule has 2 saturated heterocycles. The summed E-state index contributed by atoms with van der Waals surface area (Å²) in [7, 11) is 0. The second kappa shape index (κ2) is 7.10. The molecule has 0 radical (unpaired) electrons. The topological polar surface area (TPSA) is 55.6 Å². The van der Waals surface area contributed by atoms with Gasteiger partial charge in [-0.25, -0.2) is 0 Å². The smallest absolute Gasteiger partial charge is 0.251 e. The summed E-state index contributed by atoms with van der Waals surface area (Å²) < 4.78 is 5.75. The third-order valence-electron chi connectivity index (χ3n) is 4.15. The van der Waals surface area contributed by atoms with Crippen molar-refractivity contribution in [1.29, 1.82) is 0 Å². The summed E-state index contributed by atoms with van der Waals surface area (Å²) in [5.41, 5.74) is 5.88. The first-order valence-corrected chi connectivity index (χ1v) is 7.57. The van der Waals surface area contributed by atoms with Gasteiger partial charge in [-0.1, -0.05) is 20.8 Å². The van der Waals surface area contributed by atoms with E-state index in [-0.39, 0.29) is 35.9 Å². The van der Waals surface area contributed by atoms with Crippen LogP contribution in [0, 0.1) is 5.41 Å². The van der Waals surface area contributed by atoms with Crippen LogP contribution in [-0.4, -0.2) is 42.1 Å². The quantitative estimate of drug-likeness (QED) is 0.871. The first kappa shape index (κ1) is 17.7. The number of nitrogens with two attached hydrogens (primary N) is 1. The van der Waals surface area contributed by atoms with Gasteiger partial charge in [0.25, 0.3) is 5.91 Å². The molecule has 20 heavy (non-hydrogen) atoms. The zero-order chi connectivity index (χ0) is 14.0. The Labute approximate surface area is 128 Å². The minimum Gasteiger partial charge on any atom is -0.364 e. The van der Waals surface area contributed by atoms with E-state index in [1.807, 2.05) is 0 Å². The van der Waals surface area contributed by atoms with E-state index in [9.17, 15) is 4.79 Å². The maximum Gasteiger partial charge on any atom is 0.251 e. The van der Waals surface area contributed by atoms with Crippen molar-refractivity contribution in [3.8, 4) is 0 Å². The molecule has 0 spiro atoms. The van der Waals surface area contributed by atoms with Gasteiger partial charge in [-0.2, -0.15) is 0 Å². The summed E-state index contributed by atoms with van der Waals surface area (Å²) in [6.07, 6.45) is 4.93. The van der Waals surface area contributed by atoms with E-state index in [0.29, 0.717) is 12.6 Å². The lowest BCUT2D eigenvalue weighted by molar-refractivity contribution is -0.144. The van der Waals surface area contributed by atoms with Crippen LogP contribution in [0.15, 0.2) is 0 Å². The minimum absolute atomic E-state index is 0. The van der Waals surface area contributed by atoms with Gasteiger partial charge in [0.05, 0.1) is 6.10 Å². The minimum atomic E-state index is -0.242. The Morgan fingerprint density at radius 1 is 1.30 bits per heavy atom. The number of nitrogens with zero attached hydrogens (tertiary/aromatic N) is 1. The van der Waals surface area contributed by atoms with E-state index in [1.165, 1.54) is 0 Å². The third kappa shape index (κ3) is 4.34. The highest BCUT2D eigenvalue weighted by Gasteiger charge is 2.38. The van der Waals surface area contributed by atoms with Crippen LogP contribution in [0.4, 0.5) is 0 Å². The summed E-state index contributed by atoms with van der Waals surface area (Å²) in [5, 5.41) is 0. The van der Waals surface area contributed by atoms with Crippen LogP contribution in [0.25, 0.3) is 0 Å². The Morgan fingerprint density at radius 3 is 2.55 bits per heavy atom. The Kier molecular flexibility index (Phi) is 6.29. The monoisotopic (exact) mass is 304 g/mol. The van der Waals surface area contributed by atoms with Crippen LogP contribution in [0.2, 0.25) is 0 Å². The molecule has 0 aliphatic carbocycles. The van der Waals surface area contributed by atoms with Crippen molar-refractivity contribution in [3.63, 3.8) is 0 Å². The van der Waals surface area contributed by atoms with Gasteiger partial charge in [-0.05, 0) is 37.5 Å². The highest BCUT2D eigenvalue weighted by atomic mass is 35.5. The zero-order valence-electron chi connectivity index (χ0n) is 12.9. The number of carbonyl (C=O) groups excluding carboxylic acids is 1. The molecule has 2 N–H and O–H groups in total. The number of rotatable bonds is 3. The summed E-state index contributed by atoms with van der Waals surface area (Å²) in [6.45, 7) is 8.14. The largest absolute Gasteiger partial charge is 0.364 e. The molecule has 0 aromatic heterocycles. The molecule has 0 saturated carbocycles. The number of amides is 1. The van der Waals surface area contributed by atoms with E-state index >= 15 is 0 Å². The van der Waals surface area contributed by atoms with Crippen molar-refractivity contribution in [1.82, 2.24) is 4.90 Å². The van der Waals surface area contributed by atoms with Crippen LogP contribution < -0.4 is 5.73 Å². The van der Waals surface area contributed by atoms with Crippen molar-refractivity contribution in [2.75, 3.05) is 13.1 Å². The average molecular weight is 305 g/mol. The molecule has 0 aromatic carbocycles. The third-order valence-corrected chi connectivity index (χ3v) is 4.15. The lowest BCUT2D eigenvalue weighted by Crippen LogP contribution is -2.43. The van der Waals surface area contributed by atoms with Gasteiger partial charge in [-0.3, -0.25) is 4.79 Å². The van der Waals surface area contributed by atoms with Crippen molar-refractivity contribution in [3.05, 3.63) is 0 Å². The number of halogens is 1. The molecule has 0 bridgehead atoms. The first-order chi connectivity index (χ1) is 8.90. The molecule has 118 valence electrons. The van der Waals surface area contributed by atoms with Crippen molar-refractivity contribution in [2.45, 2.75) is 71.1 Å². The molecule has 0 aromatic rings. The van der Waals surface area contributed by atoms with E-state index in [1.54, 1.807) is 0 Å². The van der Waals surface area contributed by atoms with Crippen LogP contribution >= 0.6 is 12.4 Å². The molecule has 2 heterocycles. The standard InChI is InChI=1S/C15H28N2O2.ClH/c1-15(2,3)9-11-5-4-8-17(11)14(18)13-7-6-12(10-16)19-13;/h11-13H,4-10,16H2,1-3H3;1H/t11?,12-,13+;/m1./s1. The summed E-state index contributed by atoms with van der Waals surface area (Å²) >= 11 is 0. The molecule has 2 aliphatic rings. The fourth-order valence-corrected chi connectivity index (χ4v) is 3.29. The average Bonchev–Trinajstić information content (AvgIpc) is 2.94. The van der Waals surface area contributed by atoms with Gasteiger partial charge in [0.15, 0.2) is 0 Å². The number of ether oxygens (including phenoxy) is 1. The van der Waals surface area contributed by atoms with E-state index < -0.39 is 0 Å². The number of carbonyl (C=O) groups is 1. The van der Waals surface area contributed by atoms with Gasteiger partial charge >= 0.3 is 0 Å². The SMILES string of the molecule is CC(C)(C)CC1CCCN1C(=O)[C@@H]1CC[C@H](CN)O1.Cl. The van der Waals surface area contributed by atoms with Crippen LogP contribution in [0.1, 0.15) is 52.9 Å². The number of hydrogen-bond acceptors (Lipinski definition) is 3. The van der Waals surface area contributed by atoms with Gasteiger partial charge in [0, 0.05) is 19.1 Å².